The molecule has 0 aliphatic carbocycles. The number of halogens is 1. The number of morpholine rings is 1. The zero-order chi connectivity index (χ0) is 15.1. The van der Waals surface area contributed by atoms with E-state index < -0.39 is 10.0 Å². The van der Waals surface area contributed by atoms with E-state index >= 15 is 0 Å². The van der Waals surface area contributed by atoms with Gasteiger partial charge in [0.2, 0.25) is 10.0 Å². The van der Waals surface area contributed by atoms with Crippen LogP contribution in [0.15, 0.2) is 24.3 Å². The normalized spacial score (nSPS) is 17.0. The van der Waals surface area contributed by atoms with Gasteiger partial charge in [-0.1, -0.05) is 12.1 Å². The first kappa shape index (κ1) is 16.4. The molecule has 0 saturated carbocycles. The van der Waals surface area contributed by atoms with E-state index in [1.807, 2.05) is 0 Å². The Hall–Kier alpha value is -1.02. The molecule has 2 rings (SSSR count). The second kappa shape index (κ2) is 7.84. The first-order valence-electron chi connectivity index (χ1n) is 7.07. The van der Waals surface area contributed by atoms with Crippen molar-refractivity contribution in [3.8, 4) is 0 Å². The Morgan fingerprint density at radius 3 is 2.52 bits per heavy atom. The van der Waals surface area contributed by atoms with Crippen molar-refractivity contribution < 1.29 is 17.5 Å². The molecule has 0 atom stereocenters. The third-order valence-corrected chi connectivity index (χ3v) is 4.70. The van der Waals surface area contributed by atoms with Crippen molar-refractivity contribution in [2.24, 2.45) is 0 Å². The molecule has 118 valence electrons. The van der Waals surface area contributed by atoms with E-state index in [-0.39, 0.29) is 11.6 Å². The lowest BCUT2D eigenvalue weighted by atomic mass is 10.2. The molecule has 0 amide bonds. The summed E-state index contributed by atoms with van der Waals surface area (Å²) in [6.07, 6.45) is 0.767. The summed E-state index contributed by atoms with van der Waals surface area (Å²) in [5.41, 5.74) is 0.581. The lowest BCUT2D eigenvalue weighted by Gasteiger charge is -2.26. The van der Waals surface area contributed by atoms with Gasteiger partial charge in [-0.3, -0.25) is 4.90 Å². The first-order chi connectivity index (χ1) is 10.1. The maximum Gasteiger partial charge on any atom is 0.215 e. The van der Waals surface area contributed by atoms with Gasteiger partial charge in [-0.2, -0.15) is 0 Å². The van der Waals surface area contributed by atoms with Gasteiger partial charge < -0.3 is 4.74 Å². The second-order valence-corrected chi connectivity index (χ2v) is 6.89. The molecule has 1 aliphatic heterocycles. The zero-order valence-corrected chi connectivity index (χ0v) is 12.7. The molecule has 0 bridgehead atoms. The summed E-state index contributed by atoms with van der Waals surface area (Å²) < 4.78 is 44.4. The minimum atomic E-state index is -3.37. The number of benzene rings is 1. The molecule has 1 N–H and O–H groups in total. The third kappa shape index (κ3) is 6.09. The van der Waals surface area contributed by atoms with Gasteiger partial charge in [0.1, 0.15) is 5.82 Å². The van der Waals surface area contributed by atoms with E-state index in [1.165, 1.54) is 24.3 Å². The van der Waals surface area contributed by atoms with Crippen LogP contribution in [0.1, 0.15) is 12.0 Å². The Morgan fingerprint density at radius 2 is 1.86 bits per heavy atom. The topological polar surface area (TPSA) is 58.6 Å². The standard InChI is InChI=1S/C14H21FN2O3S/c15-14-4-2-13(3-5-14)12-21(18,19)16-6-1-7-17-8-10-20-11-9-17/h2-5,16H,1,6-12H2. The summed E-state index contributed by atoms with van der Waals surface area (Å²) in [7, 11) is -3.37. The number of rotatable bonds is 7. The van der Waals surface area contributed by atoms with Crippen molar-refractivity contribution in [2.45, 2.75) is 12.2 Å². The van der Waals surface area contributed by atoms with Gasteiger partial charge in [0.05, 0.1) is 19.0 Å². The van der Waals surface area contributed by atoms with Crippen LogP contribution in [0, 0.1) is 5.82 Å². The summed E-state index contributed by atoms with van der Waals surface area (Å²) in [5, 5.41) is 0. The molecule has 21 heavy (non-hydrogen) atoms. The second-order valence-electron chi connectivity index (χ2n) is 5.09. The lowest BCUT2D eigenvalue weighted by molar-refractivity contribution is 0.0376. The maximum absolute atomic E-state index is 12.8. The Labute approximate surface area is 125 Å². The Bertz CT molecular complexity index is 528. The fourth-order valence-electron chi connectivity index (χ4n) is 2.21. The van der Waals surface area contributed by atoms with Crippen molar-refractivity contribution in [1.29, 1.82) is 0 Å². The van der Waals surface area contributed by atoms with Crippen molar-refractivity contribution in [2.75, 3.05) is 39.4 Å². The smallest absolute Gasteiger partial charge is 0.215 e. The van der Waals surface area contributed by atoms with Crippen LogP contribution in [0.2, 0.25) is 0 Å². The number of nitrogens with one attached hydrogen (secondary N) is 1. The average molecular weight is 316 g/mol. The van der Waals surface area contributed by atoms with Crippen LogP contribution < -0.4 is 4.72 Å². The van der Waals surface area contributed by atoms with Crippen LogP contribution in [0.4, 0.5) is 4.39 Å². The van der Waals surface area contributed by atoms with Crippen molar-refractivity contribution >= 4 is 10.0 Å². The lowest BCUT2D eigenvalue weighted by Crippen LogP contribution is -2.38. The number of nitrogens with zero attached hydrogens (tertiary/aromatic N) is 1. The highest BCUT2D eigenvalue weighted by atomic mass is 32.2. The summed E-state index contributed by atoms with van der Waals surface area (Å²) in [6.45, 7) is 4.58. The molecule has 0 spiro atoms. The van der Waals surface area contributed by atoms with Gasteiger partial charge in [0, 0.05) is 19.6 Å². The summed E-state index contributed by atoms with van der Waals surface area (Å²) in [4.78, 5) is 2.26. The van der Waals surface area contributed by atoms with Crippen molar-refractivity contribution in [3.05, 3.63) is 35.6 Å². The molecule has 1 fully saturated rings. The minimum absolute atomic E-state index is 0.120. The number of hydrogen-bond acceptors (Lipinski definition) is 4. The minimum Gasteiger partial charge on any atom is -0.379 e. The van der Waals surface area contributed by atoms with Crippen LogP contribution in [0.25, 0.3) is 0 Å². The van der Waals surface area contributed by atoms with Crippen LogP contribution in [-0.4, -0.2) is 52.7 Å². The van der Waals surface area contributed by atoms with Gasteiger partial charge >= 0.3 is 0 Å². The van der Waals surface area contributed by atoms with E-state index in [1.54, 1.807) is 0 Å². The zero-order valence-electron chi connectivity index (χ0n) is 11.9. The van der Waals surface area contributed by atoms with Gasteiger partial charge in [-0.25, -0.2) is 17.5 Å². The molecule has 7 heteroatoms. The highest BCUT2D eigenvalue weighted by Crippen LogP contribution is 2.06. The summed E-state index contributed by atoms with van der Waals surface area (Å²) in [5.74, 6) is -0.486. The van der Waals surface area contributed by atoms with E-state index in [2.05, 4.69) is 9.62 Å². The maximum atomic E-state index is 12.8. The summed E-state index contributed by atoms with van der Waals surface area (Å²) in [6, 6.07) is 5.51. The monoisotopic (exact) mass is 316 g/mol. The highest BCUT2D eigenvalue weighted by Gasteiger charge is 2.12. The number of sulfonamides is 1. The molecule has 0 radical (unpaired) electrons. The van der Waals surface area contributed by atoms with Crippen LogP contribution in [0.3, 0.4) is 0 Å². The predicted octanol–water partition coefficient (Wildman–Crippen LogP) is 0.967. The van der Waals surface area contributed by atoms with Crippen molar-refractivity contribution in [3.63, 3.8) is 0 Å². The molecule has 1 aromatic rings. The highest BCUT2D eigenvalue weighted by molar-refractivity contribution is 7.88. The van der Waals surface area contributed by atoms with Gasteiger partial charge in [0.15, 0.2) is 0 Å². The third-order valence-electron chi connectivity index (χ3n) is 3.35. The molecule has 0 aromatic heterocycles. The first-order valence-corrected chi connectivity index (χ1v) is 8.72. The van der Waals surface area contributed by atoms with Gasteiger partial charge in [-0.05, 0) is 30.7 Å². The quantitative estimate of drug-likeness (QED) is 0.762. The molecule has 1 aliphatic rings. The summed E-state index contributed by atoms with van der Waals surface area (Å²) >= 11 is 0. The molecular weight excluding hydrogens is 295 g/mol. The van der Waals surface area contributed by atoms with E-state index in [0.29, 0.717) is 12.1 Å². The predicted molar refractivity (Wildman–Crippen MR) is 78.9 cm³/mol. The Kier molecular flexibility index (Phi) is 6.10. The van der Waals surface area contributed by atoms with Crippen LogP contribution in [0.5, 0.6) is 0 Å². The van der Waals surface area contributed by atoms with E-state index in [4.69, 9.17) is 4.74 Å². The molecule has 1 heterocycles. The fourth-order valence-corrected chi connectivity index (χ4v) is 3.39. The fraction of sp³-hybridized carbons (Fsp3) is 0.571. The number of hydrogen-bond donors (Lipinski definition) is 1. The van der Waals surface area contributed by atoms with E-state index in [9.17, 15) is 12.8 Å². The Morgan fingerprint density at radius 1 is 1.19 bits per heavy atom. The van der Waals surface area contributed by atoms with Gasteiger partial charge in [0.25, 0.3) is 0 Å². The van der Waals surface area contributed by atoms with Crippen LogP contribution >= 0.6 is 0 Å². The molecule has 0 unspecified atom stereocenters. The van der Waals surface area contributed by atoms with Gasteiger partial charge in [-0.15, -0.1) is 0 Å². The van der Waals surface area contributed by atoms with Crippen molar-refractivity contribution in [1.82, 2.24) is 9.62 Å². The van der Waals surface area contributed by atoms with E-state index in [0.717, 1.165) is 39.3 Å². The SMILES string of the molecule is O=S(=O)(Cc1ccc(F)cc1)NCCCN1CCOCC1. The van der Waals surface area contributed by atoms with Crippen LogP contribution in [-0.2, 0) is 20.5 Å². The average Bonchev–Trinajstić information content (AvgIpc) is 2.47. The molecule has 1 saturated heterocycles. The number of ether oxygens (including phenoxy) is 1. The Balaban J connectivity index is 1.69. The molecule has 1 aromatic carbocycles. The molecular formula is C14H21FN2O3S. The largest absolute Gasteiger partial charge is 0.379 e. The molecule has 5 nitrogen and oxygen atoms in total.